The number of pyridine rings is 1. The molecular formula is C14H14ClNO. The largest absolute Gasteiger partial charge is 0.388 e. The van der Waals surface area contributed by atoms with Crippen molar-refractivity contribution in [2.24, 2.45) is 0 Å². The van der Waals surface area contributed by atoms with Gasteiger partial charge in [0.05, 0.1) is 6.10 Å². The van der Waals surface area contributed by atoms with Crippen molar-refractivity contribution in [3.05, 3.63) is 64.9 Å². The quantitative estimate of drug-likeness (QED) is 0.900. The van der Waals surface area contributed by atoms with Crippen molar-refractivity contribution in [2.75, 3.05) is 0 Å². The van der Waals surface area contributed by atoms with Crippen LogP contribution in [0.5, 0.6) is 0 Å². The molecule has 17 heavy (non-hydrogen) atoms. The van der Waals surface area contributed by atoms with Crippen molar-refractivity contribution in [1.82, 2.24) is 4.98 Å². The summed E-state index contributed by atoms with van der Waals surface area (Å²) in [4.78, 5) is 3.97. The highest BCUT2D eigenvalue weighted by atomic mass is 35.5. The monoisotopic (exact) mass is 247 g/mol. The Hall–Kier alpha value is -1.38. The fourth-order valence-electron chi connectivity index (χ4n) is 1.80. The van der Waals surface area contributed by atoms with E-state index in [1.165, 1.54) is 0 Å². The van der Waals surface area contributed by atoms with Gasteiger partial charge in [-0.15, -0.1) is 0 Å². The first-order valence-corrected chi connectivity index (χ1v) is 5.89. The van der Waals surface area contributed by atoms with Crippen molar-refractivity contribution in [3.8, 4) is 0 Å². The van der Waals surface area contributed by atoms with Crippen LogP contribution in [0, 0.1) is 0 Å². The Morgan fingerprint density at radius 1 is 1.00 bits per heavy atom. The first-order valence-electron chi connectivity index (χ1n) is 5.52. The molecule has 1 aromatic heterocycles. The molecule has 0 aliphatic heterocycles. The summed E-state index contributed by atoms with van der Waals surface area (Å²) in [5.41, 5.74) is 1.95. The molecule has 2 aromatic rings. The van der Waals surface area contributed by atoms with Crippen LogP contribution < -0.4 is 0 Å². The first kappa shape index (κ1) is 12.1. The van der Waals surface area contributed by atoms with Gasteiger partial charge in [-0.1, -0.05) is 30.7 Å². The maximum atomic E-state index is 10.3. The standard InChI is InChI=1S/C14H14ClNO/c1-10(11-6-8-16-9-7-11)14(17)12-2-4-13(15)5-3-12/h2-10,14,17H,1H3/t10-,14-/m0/s1. The third-order valence-corrected chi connectivity index (χ3v) is 3.17. The van der Waals surface area contributed by atoms with Crippen LogP contribution in [-0.4, -0.2) is 10.1 Å². The zero-order valence-electron chi connectivity index (χ0n) is 9.55. The summed E-state index contributed by atoms with van der Waals surface area (Å²) < 4.78 is 0. The molecule has 0 bridgehead atoms. The van der Waals surface area contributed by atoms with E-state index in [-0.39, 0.29) is 5.92 Å². The number of benzene rings is 1. The topological polar surface area (TPSA) is 33.1 Å². The minimum Gasteiger partial charge on any atom is -0.388 e. The smallest absolute Gasteiger partial charge is 0.0855 e. The molecule has 2 nitrogen and oxygen atoms in total. The molecule has 0 saturated heterocycles. The molecule has 0 aliphatic rings. The van der Waals surface area contributed by atoms with Crippen molar-refractivity contribution in [2.45, 2.75) is 18.9 Å². The van der Waals surface area contributed by atoms with Crippen LogP contribution in [0.25, 0.3) is 0 Å². The van der Waals surface area contributed by atoms with Gasteiger partial charge in [0.15, 0.2) is 0 Å². The second-order valence-corrected chi connectivity index (χ2v) is 4.50. The van der Waals surface area contributed by atoms with E-state index < -0.39 is 6.10 Å². The fraction of sp³-hybridized carbons (Fsp3) is 0.214. The number of nitrogens with zero attached hydrogens (tertiary/aromatic N) is 1. The molecule has 0 saturated carbocycles. The molecule has 0 unspecified atom stereocenters. The lowest BCUT2D eigenvalue weighted by atomic mass is 9.91. The van der Waals surface area contributed by atoms with Gasteiger partial charge in [0, 0.05) is 23.3 Å². The van der Waals surface area contributed by atoms with Gasteiger partial charge in [-0.05, 0) is 35.4 Å². The molecule has 2 atom stereocenters. The van der Waals surface area contributed by atoms with E-state index in [9.17, 15) is 5.11 Å². The predicted octanol–water partition coefficient (Wildman–Crippen LogP) is 3.57. The van der Waals surface area contributed by atoms with Gasteiger partial charge in [0.25, 0.3) is 0 Å². The van der Waals surface area contributed by atoms with Gasteiger partial charge in [-0.3, -0.25) is 4.98 Å². The minimum absolute atomic E-state index is 0.0270. The Labute approximate surface area is 106 Å². The Kier molecular flexibility index (Phi) is 3.77. The Bertz CT molecular complexity index is 469. The summed E-state index contributed by atoms with van der Waals surface area (Å²) in [7, 11) is 0. The summed E-state index contributed by atoms with van der Waals surface area (Å²) in [5, 5.41) is 10.9. The molecule has 1 N–H and O–H groups in total. The van der Waals surface area contributed by atoms with Crippen molar-refractivity contribution < 1.29 is 5.11 Å². The molecule has 0 fully saturated rings. The first-order chi connectivity index (χ1) is 8.18. The highest BCUT2D eigenvalue weighted by Gasteiger charge is 2.17. The average molecular weight is 248 g/mol. The van der Waals surface area contributed by atoms with Gasteiger partial charge in [-0.25, -0.2) is 0 Å². The van der Waals surface area contributed by atoms with E-state index in [0.717, 1.165) is 11.1 Å². The predicted molar refractivity (Wildman–Crippen MR) is 69.1 cm³/mol. The second-order valence-electron chi connectivity index (χ2n) is 4.07. The van der Waals surface area contributed by atoms with Gasteiger partial charge in [0.1, 0.15) is 0 Å². The van der Waals surface area contributed by atoms with Gasteiger partial charge in [-0.2, -0.15) is 0 Å². The van der Waals surface area contributed by atoms with Crippen LogP contribution in [-0.2, 0) is 0 Å². The third kappa shape index (κ3) is 2.84. The number of aliphatic hydroxyl groups is 1. The number of hydrogen-bond acceptors (Lipinski definition) is 2. The van der Waals surface area contributed by atoms with E-state index >= 15 is 0 Å². The number of aliphatic hydroxyl groups excluding tert-OH is 1. The SMILES string of the molecule is C[C@@H](c1ccncc1)[C@H](O)c1ccc(Cl)cc1. The average Bonchev–Trinajstić information content (AvgIpc) is 2.39. The summed E-state index contributed by atoms with van der Waals surface area (Å²) in [6.45, 7) is 1.99. The molecule has 0 radical (unpaired) electrons. The summed E-state index contributed by atoms with van der Waals surface area (Å²) in [6.07, 6.45) is 2.94. The normalized spacial score (nSPS) is 14.3. The highest BCUT2D eigenvalue weighted by Crippen LogP contribution is 2.30. The van der Waals surface area contributed by atoms with Gasteiger partial charge < -0.3 is 5.11 Å². The number of rotatable bonds is 3. The van der Waals surface area contributed by atoms with Crippen LogP contribution >= 0.6 is 11.6 Å². The van der Waals surface area contributed by atoms with E-state index in [1.54, 1.807) is 24.5 Å². The summed E-state index contributed by atoms with van der Waals surface area (Å²) >= 11 is 5.82. The maximum Gasteiger partial charge on any atom is 0.0855 e. The Balaban J connectivity index is 2.20. The Morgan fingerprint density at radius 2 is 1.59 bits per heavy atom. The van der Waals surface area contributed by atoms with Gasteiger partial charge in [0.2, 0.25) is 0 Å². The van der Waals surface area contributed by atoms with Crippen LogP contribution in [0.15, 0.2) is 48.8 Å². The molecule has 1 aromatic carbocycles. The fourth-order valence-corrected chi connectivity index (χ4v) is 1.92. The minimum atomic E-state index is -0.533. The maximum absolute atomic E-state index is 10.3. The number of hydrogen-bond donors (Lipinski definition) is 1. The van der Waals surface area contributed by atoms with E-state index in [4.69, 9.17) is 11.6 Å². The van der Waals surface area contributed by atoms with E-state index in [2.05, 4.69) is 4.98 Å². The van der Waals surface area contributed by atoms with E-state index in [0.29, 0.717) is 5.02 Å². The molecule has 0 aliphatic carbocycles. The van der Waals surface area contributed by atoms with Crippen molar-refractivity contribution in [3.63, 3.8) is 0 Å². The lowest BCUT2D eigenvalue weighted by Gasteiger charge is -2.19. The van der Waals surface area contributed by atoms with Crippen LogP contribution in [0.4, 0.5) is 0 Å². The molecular weight excluding hydrogens is 234 g/mol. The zero-order chi connectivity index (χ0) is 12.3. The molecule has 88 valence electrons. The van der Waals surface area contributed by atoms with Crippen LogP contribution in [0.3, 0.4) is 0 Å². The molecule has 3 heteroatoms. The molecule has 0 amide bonds. The zero-order valence-corrected chi connectivity index (χ0v) is 10.3. The lowest BCUT2D eigenvalue weighted by Crippen LogP contribution is -2.07. The van der Waals surface area contributed by atoms with Gasteiger partial charge >= 0.3 is 0 Å². The van der Waals surface area contributed by atoms with Crippen molar-refractivity contribution in [1.29, 1.82) is 0 Å². The molecule has 2 rings (SSSR count). The second kappa shape index (κ2) is 5.30. The highest BCUT2D eigenvalue weighted by molar-refractivity contribution is 6.30. The van der Waals surface area contributed by atoms with E-state index in [1.807, 2.05) is 31.2 Å². The lowest BCUT2D eigenvalue weighted by molar-refractivity contribution is 0.151. The van der Waals surface area contributed by atoms with Crippen molar-refractivity contribution >= 4 is 11.6 Å². The van der Waals surface area contributed by atoms with Crippen LogP contribution in [0.1, 0.15) is 30.1 Å². The number of halogens is 1. The molecule has 0 spiro atoms. The molecule has 1 heterocycles. The third-order valence-electron chi connectivity index (χ3n) is 2.92. The number of aromatic nitrogens is 1. The summed E-state index contributed by atoms with van der Waals surface area (Å²) in [5.74, 6) is 0.0270. The summed E-state index contributed by atoms with van der Waals surface area (Å²) in [6, 6.07) is 11.1. The van der Waals surface area contributed by atoms with Crippen LogP contribution in [0.2, 0.25) is 5.02 Å². The Morgan fingerprint density at radius 3 is 2.18 bits per heavy atom.